The molecule has 6 heteroatoms. The van der Waals surface area contributed by atoms with Gasteiger partial charge in [-0.1, -0.05) is 5.10 Å². The number of carbonyl (C=O) groups excluding carboxylic acids is 1. The van der Waals surface area contributed by atoms with Crippen molar-refractivity contribution >= 4 is 11.9 Å². The number of hydrogen-bond donors (Lipinski definition) is 2. The highest BCUT2D eigenvalue weighted by atomic mass is 16.4. The fourth-order valence-electron chi connectivity index (χ4n) is 0.713. The number of nitrogens with one attached hydrogen (secondary N) is 1. The Labute approximate surface area is 69.1 Å². The van der Waals surface area contributed by atoms with E-state index in [0.717, 1.165) is 0 Å². The molecule has 0 atom stereocenters. The van der Waals surface area contributed by atoms with Crippen LogP contribution in [0.5, 0.6) is 0 Å². The van der Waals surface area contributed by atoms with Crippen molar-refractivity contribution in [2.75, 3.05) is 12.3 Å². The molecule has 0 unspecified atom stereocenters. The highest BCUT2D eigenvalue weighted by Gasteiger charge is 2.01. The molecule has 66 valence electrons. The Kier molecular flexibility index (Phi) is 2.62. The summed E-state index contributed by atoms with van der Waals surface area (Å²) in [6.45, 7) is 1.93. The van der Waals surface area contributed by atoms with Gasteiger partial charge in [0, 0.05) is 19.9 Å². The van der Waals surface area contributed by atoms with E-state index in [4.69, 9.17) is 10.2 Å². The van der Waals surface area contributed by atoms with Gasteiger partial charge < -0.3 is 15.5 Å². The minimum Gasteiger partial charge on any atom is -0.408 e. The molecule has 0 aliphatic heterocycles. The quantitative estimate of drug-likeness (QED) is 0.627. The summed E-state index contributed by atoms with van der Waals surface area (Å²) in [5.74, 6) is 0.351. The Balaban J connectivity index is 2.29. The number of hydrogen-bond acceptors (Lipinski definition) is 5. The zero-order chi connectivity index (χ0) is 8.97. The number of anilines is 1. The third-order valence-electron chi connectivity index (χ3n) is 1.20. The highest BCUT2D eigenvalue weighted by molar-refractivity contribution is 5.72. The summed E-state index contributed by atoms with van der Waals surface area (Å²) in [6.07, 6.45) is 0.504. The molecule has 12 heavy (non-hydrogen) atoms. The molecule has 1 rings (SSSR count). The normalized spacial score (nSPS) is 9.75. The Hall–Kier alpha value is -1.59. The van der Waals surface area contributed by atoms with Crippen LogP contribution in [0.25, 0.3) is 0 Å². The fraction of sp³-hybridized carbons (Fsp3) is 0.500. The first-order chi connectivity index (χ1) is 5.68. The lowest BCUT2D eigenvalue weighted by Gasteiger charge is -1.96. The summed E-state index contributed by atoms with van der Waals surface area (Å²) >= 11 is 0. The lowest BCUT2D eigenvalue weighted by atomic mass is 10.4. The molecule has 0 aliphatic rings. The SMILES string of the molecule is CC(=O)NCCc1nnc(N)o1. The van der Waals surface area contributed by atoms with Gasteiger partial charge >= 0.3 is 6.01 Å². The Bertz CT molecular complexity index is 270. The van der Waals surface area contributed by atoms with Gasteiger partial charge in [-0.05, 0) is 0 Å². The third-order valence-corrected chi connectivity index (χ3v) is 1.20. The van der Waals surface area contributed by atoms with E-state index >= 15 is 0 Å². The second-order valence-corrected chi connectivity index (χ2v) is 2.27. The van der Waals surface area contributed by atoms with Crippen LogP contribution in [0.3, 0.4) is 0 Å². The van der Waals surface area contributed by atoms with E-state index in [9.17, 15) is 4.79 Å². The van der Waals surface area contributed by atoms with E-state index in [1.807, 2.05) is 0 Å². The van der Waals surface area contributed by atoms with Gasteiger partial charge in [0.25, 0.3) is 0 Å². The summed E-state index contributed by atoms with van der Waals surface area (Å²) in [4.78, 5) is 10.4. The topological polar surface area (TPSA) is 94.0 Å². The van der Waals surface area contributed by atoms with Crippen LogP contribution in [0.4, 0.5) is 6.01 Å². The van der Waals surface area contributed by atoms with Crippen molar-refractivity contribution in [3.8, 4) is 0 Å². The summed E-state index contributed by atoms with van der Waals surface area (Å²) in [6, 6.07) is 0.0489. The molecule has 0 saturated heterocycles. The molecule has 0 spiro atoms. The van der Waals surface area contributed by atoms with Crippen LogP contribution in [0.15, 0.2) is 4.42 Å². The number of carbonyl (C=O) groups is 1. The van der Waals surface area contributed by atoms with Crippen molar-refractivity contribution in [1.29, 1.82) is 0 Å². The molecule has 0 saturated carbocycles. The summed E-state index contributed by atoms with van der Waals surface area (Å²) < 4.78 is 4.87. The van der Waals surface area contributed by atoms with E-state index in [0.29, 0.717) is 18.9 Å². The maximum absolute atomic E-state index is 10.4. The van der Waals surface area contributed by atoms with Crippen molar-refractivity contribution in [1.82, 2.24) is 15.5 Å². The van der Waals surface area contributed by atoms with Crippen LogP contribution in [-0.2, 0) is 11.2 Å². The van der Waals surface area contributed by atoms with Gasteiger partial charge in [-0.3, -0.25) is 4.79 Å². The van der Waals surface area contributed by atoms with E-state index in [1.54, 1.807) is 0 Å². The predicted octanol–water partition coefficient (Wildman–Crippen LogP) is -0.670. The summed E-state index contributed by atoms with van der Waals surface area (Å²) in [5.41, 5.74) is 5.18. The van der Waals surface area contributed by atoms with Gasteiger partial charge in [-0.2, -0.15) is 0 Å². The molecule has 1 aromatic heterocycles. The monoisotopic (exact) mass is 170 g/mol. The minimum atomic E-state index is -0.0810. The molecule has 0 bridgehead atoms. The average molecular weight is 170 g/mol. The van der Waals surface area contributed by atoms with Crippen LogP contribution in [0.1, 0.15) is 12.8 Å². The van der Waals surface area contributed by atoms with Crippen LogP contribution in [0.2, 0.25) is 0 Å². The molecular formula is C6H10N4O2. The second-order valence-electron chi connectivity index (χ2n) is 2.27. The lowest BCUT2D eigenvalue weighted by molar-refractivity contribution is -0.118. The van der Waals surface area contributed by atoms with Crippen molar-refractivity contribution in [2.24, 2.45) is 0 Å². The van der Waals surface area contributed by atoms with Crippen LogP contribution in [0, 0.1) is 0 Å². The first kappa shape index (κ1) is 8.51. The van der Waals surface area contributed by atoms with Crippen LogP contribution < -0.4 is 11.1 Å². The average Bonchev–Trinajstić information content (AvgIpc) is 2.35. The van der Waals surface area contributed by atoms with Crippen LogP contribution >= 0.6 is 0 Å². The van der Waals surface area contributed by atoms with E-state index in [1.165, 1.54) is 6.92 Å². The zero-order valence-electron chi connectivity index (χ0n) is 6.70. The molecule has 0 aromatic carbocycles. The van der Waals surface area contributed by atoms with Crippen molar-refractivity contribution in [3.05, 3.63) is 5.89 Å². The number of amides is 1. The predicted molar refractivity (Wildman–Crippen MR) is 41.1 cm³/mol. The van der Waals surface area contributed by atoms with E-state index in [2.05, 4.69) is 15.5 Å². The zero-order valence-corrected chi connectivity index (χ0v) is 6.70. The minimum absolute atomic E-state index is 0.0489. The molecule has 6 nitrogen and oxygen atoms in total. The van der Waals surface area contributed by atoms with Gasteiger partial charge in [0.2, 0.25) is 11.8 Å². The standard InChI is InChI=1S/C6H10N4O2/c1-4(11)8-3-2-5-9-10-6(7)12-5/h2-3H2,1H3,(H2,7,10)(H,8,11). The maximum Gasteiger partial charge on any atom is 0.312 e. The number of nitrogens with zero attached hydrogens (tertiary/aromatic N) is 2. The molecule has 1 amide bonds. The fourth-order valence-corrected chi connectivity index (χ4v) is 0.713. The smallest absolute Gasteiger partial charge is 0.312 e. The molecule has 1 heterocycles. The number of nitrogen functional groups attached to an aromatic ring is 1. The van der Waals surface area contributed by atoms with Crippen molar-refractivity contribution in [2.45, 2.75) is 13.3 Å². The van der Waals surface area contributed by atoms with E-state index in [-0.39, 0.29) is 11.9 Å². The first-order valence-electron chi connectivity index (χ1n) is 3.51. The summed E-state index contributed by atoms with van der Waals surface area (Å²) in [7, 11) is 0. The molecule has 0 aliphatic carbocycles. The highest BCUT2D eigenvalue weighted by Crippen LogP contribution is 1.99. The van der Waals surface area contributed by atoms with Gasteiger partial charge in [-0.25, -0.2) is 0 Å². The van der Waals surface area contributed by atoms with Gasteiger partial charge in [0.05, 0.1) is 0 Å². The van der Waals surface area contributed by atoms with Crippen molar-refractivity contribution < 1.29 is 9.21 Å². The van der Waals surface area contributed by atoms with Gasteiger partial charge in [0.15, 0.2) is 0 Å². The first-order valence-corrected chi connectivity index (χ1v) is 3.51. The Morgan fingerprint density at radius 1 is 1.67 bits per heavy atom. The second kappa shape index (κ2) is 3.70. The number of nitrogens with two attached hydrogens (primary N) is 1. The largest absolute Gasteiger partial charge is 0.408 e. The molecule has 0 fully saturated rings. The lowest BCUT2D eigenvalue weighted by Crippen LogP contribution is -2.22. The van der Waals surface area contributed by atoms with Gasteiger partial charge in [-0.15, -0.1) is 5.10 Å². The number of aromatic nitrogens is 2. The number of rotatable bonds is 3. The molecular weight excluding hydrogens is 160 g/mol. The van der Waals surface area contributed by atoms with Gasteiger partial charge in [0.1, 0.15) is 0 Å². The third kappa shape index (κ3) is 2.57. The summed E-state index contributed by atoms with van der Waals surface area (Å²) in [5, 5.41) is 9.68. The Morgan fingerprint density at radius 2 is 2.42 bits per heavy atom. The van der Waals surface area contributed by atoms with Crippen molar-refractivity contribution in [3.63, 3.8) is 0 Å². The van der Waals surface area contributed by atoms with E-state index < -0.39 is 0 Å². The Morgan fingerprint density at radius 3 is 2.92 bits per heavy atom. The molecule has 1 aromatic rings. The molecule has 0 radical (unpaired) electrons. The van der Waals surface area contributed by atoms with Crippen LogP contribution in [-0.4, -0.2) is 22.6 Å². The molecule has 3 N–H and O–H groups in total. The maximum atomic E-state index is 10.4.